The van der Waals surface area contributed by atoms with Gasteiger partial charge in [0.1, 0.15) is 5.78 Å². The smallest absolute Gasteiger partial charge is 0.142 e. The SMILES string of the molecule is CC1(C)[C@@H]2CC[C@@]1(C)C(=O)[C@@H]2Cc1ccccc1. The second kappa shape index (κ2) is 3.69. The van der Waals surface area contributed by atoms with E-state index in [4.69, 9.17) is 0 Å². The largest absolute Gasteiger partial charge is 0.299 e. The Hall–Kier alpha value is -1.11. The van der Waals surface area contributed by atoms with Crippen molar-refractivity contribution in [1.82, 2.24) is 0 Å². The highest BCUT2D eigenvalue weighted by Gasteiger charge is 2.65. The fourth-order valence-corrected chi connectivity index (χ4v) is 4.38. The Labute approximate surface area is 110 Å². The fourth-order valence-electron chi connectivity index (χ4n) is 4.38. The Morgan fingerprint density at radius 3 is 2.39 bits per heavy atom. The molecule has 0 amide bonds. The van der Waals surface area contributed by atoms with Crippen LogP contribution in [-0.2, 0) is 11.2 Å². The van der Waals surface area contributed by atoms with Crippen LogP contribution in [0.3, 0.4) is 0 Å². The number of carbonyl (C=O) groups is 1. The molecule has 0 spiro atoms. The number of hydrogen-bond acceptors (Lipinski definition) is 1. The summed E-state index contributed by atoms with van der Waals surface area (Å²) in [6.45, 7) is 6.79. The minimum atomic E-state index is -0.0723. The van der Waals surface area contributed by atoms with Crippen LogP contribution in [0.2, 0.25) is 0 Å². The third-order valence-corrected chi connectivity index (χ3v) is 5.97. The average molecular weight is 242 g/mol. The lowest BCUT2D eigenvalue weighted by molar-refractivity contribution is -0.131. The molecule has 0 heterocycles. The van der Waals surface area contributed by atoms with E-state index in [2.05, 4.69) is 45.0 Å². The van der Waals surface area contributed by atoms with Crippen LogP contribution in [-0.4, -0.2) is 5.78 Å². The van der Waals surface area contributed by atoms with E-state index >= 15 is 0 Å². The van der Waals surface area contributed by atoms with Crippen LogP contribution in [0, 0.1) is 22.7 Å². The molecular formula is C17H22O. The molecule has 1 nitrogen and oxygen atoms in total. The standard InChI is InChI=1S/C17H22O/c1-16(2)14-9-10-17(16,3)15(18)13(14)11-12-7-5-4-6-8-12/h4-8,13-14H,9-11H2,1-3H3/t13-,14-,17+/m1/s1. The van der Waals surface area contributed by atoms with Crippen LogP contribution in [0.5, 0.6) is 0 Å². The first-order valence-corrected chi connectivity index (χ1v) is 7.05. The molecule has 2 saturated carbocycles. The van der Waals surface area contributed by atoms with Gasteiger partial charge in [-0.2, -0.15) is 0 Å². The quantitative estimate of drug-likeness (QED) is 0.769. The number of rotatable bonds is 2. The van der Waals surface area contributed by atoms with Gasteiger partial charge in [0, 0.05) is 11.3 Å². The van der Waals surface area contributed by atoms with Crippen LogP contribution in [0.15, 0.2) is 30.3 Å². The van der Waals surface area contributed by atoms with Gasteiger partial charge in [0.15, 0.2) is 0 Å². The number of hydrogen-bond donors (Lipinski definition) is 0. The number of benzene rings is 1. The first-order chi connectivity index (χ1) is 8.47. The predicted molar refractivity (Wildman–Crippen MR) is 73.3 cm³/mol. The van der Waals surface area contributed by atoms with Crippen molar-refractivity contribution < 1.29 is 4.79 Å². The summed E-state index contributed by atoms with van der Waals surface area (Å²) in [7, 11) is 0. The molecule has 3 atom stereocenters. The van der Waals surface area contributed by atoms with Crippen molar-refractivity contribution in [3.8, 4) is 0 Å². The van der Waals surface area contributed by atoms with Gasteiger partial charge in [-0.05, 0) is 36.2 Å². The van der Waals surface area contributed by atoms with E-state index < -0.39 is 0 Å². The molecule has 1 aromatic carbocycles. The second-order valence-corrected chi connectivity index (χ2v) is 6.86. The van der Waals surface area contributed by atoms with Gasteiger partial charge in [0.2, 0.25) is 0 Å². The van der Waals surface area contributed by atoms with Gasteiger partial charge in [-0.3, -0.25) is 4.79 Å². The lowest BCUT2D eigenvalue weighted by Gasteiger charge is -2.32. The van der Waals surface area contributed by atoms with Gasteiger partial charge in [-0.15, -0.1) is 0 Å². The van der Waals surface area contributed by atoms with Gasteiger partial charge >= 0.3 is 0 Å². The Morgan fingerprint density at radius 1 is 1.17 bits per heavy atom. The molecule has 1 heteroatoms. The molecule has 0 aromatic heterocycles. The zero-order valence-electron chi connectivity index (χ0n) is 11.6. The summed E-state index contributed by atoms with van der Waals surface area (Å²) in [5.74, 6) is 1.35. The summed E-state index contributed by atoms with van der Waals surface area (Å²) in [5.41, 5.74) is 1.42. The van der Waals surface area contributed by atoms with Crippen LogP contribution >= 0.6 is 0 Å². The minimum Gasteiger partial charge on any atom is -0.299 e. The molecule has 2 bridgehead atoms. The Balaban J connectivity index is 1.90. The molecule has 0 aliphatic heterocycles. The molecule has 3 rings (SSSR count). The van der Waals surface area contributed by atoms with Crippen molar-refractivity contribution in [3.05, 3.63) is 35.9 Å². The Morgan fingerprint density at radius 2 is 1.83 bits per heavy atom. The van der Waals surface area contributed by atoms with Crippen molar-refractivity contribution in [2.75, 3.05) is 0 Å². The highest BCUT2D eigenvalue weighted by atomic mass is 16.1. The highest BCUT2D eigenvalue weighted by molar-refractivity contribution is 5.91. The zero-order valence-corrected chi connectivity index (χ0v) is 11.6. The van der Waals surface area contributed by atoms with Gasteiger partial charge in [0.25, 0.3) is 0 Å². The van der Waals surface area contributed by atoms with Gasteiger partial charge < -0.3 is 0 Å². The molecule has 0 saturated heterocycles. The fraction of sp³-hybridized carbons (Fsp3) is 0.588. The molecule has 18 heavy (non-hydrogen) atoms. The van der Waals surface area contributed by atoms with Crippen molar-refractivity contribution in [2.24, 2.45) is 22.7 Å². The van der Waals surface area contributed by atoms with E-state index in [9.17, 15) is 4.79 Å². The lowest BCUT2D eigenvalue weighted by atomic mass is 9.70. The van der Waals surface area contributed by atoms with Crippen LogP contribution < -0.4 is 0 Å². The summed E-state index contributed by atoms with van der Waals surface area (Å²) in [6.07, 6.45) is 3.25. The van der Waals surface area contributed by atoms with Crippen molar-refractivity contribution >= 4 is 5.78 Å². The third-order valence-electron chi connectivity index (χ3n) is 5.97. The molecule has 2 aliphatic carbocycles. The predicted octanol–water partition coefficient (Wildman–Crippen LogP) is 3.87. The van der Waals surface area contributed by atoms with Gasteiger partial charge in [0.05, 0.1) is 0 Å². The Kier molecular flexibility index (Phi) is 2.45. The maximum Gasteiger partial charge on any atom is 0.142 e. The van der Waals surface area contributed by atoms with E-state index in [1.54, 1.807) is 0 Å². The maximum absolute atomic E-state index is 12.7. The van der Waals surface area contributed by atoms with Crippen LogP contribution in [0.1, 0.15) is 39.2 Å². The molecule has 2 aliphatic rings. The third kappa shape index (κ3) is 1.36. The topological polar surface area (TPSA) is 17.1 Å². The molecule has 96 valence electrons. The summed E-state index contributed by atoms with van der Waals surface area (Å²) < 4.78 is 0. The summed E-state index contributed by atoms with van der Waals surface area (Å²) in [4.78, 5) is 12.7. The number of Topliss-reactive ketones (excluding diaryl/α,β-unsaturated/α-hetero) is 1. The Bertz CT molecular complexity index is 474. The first kappa shape index (κ1) is 12.0. The van der Waals surface area contributed by atoms with Crippen LogP contribution in [0.4, 0.5) is 0 Å². The maximum atomic E-state index is 12.7. The van der Waals surface area contributed by atoms with E-state index in [0.717, 1.165) is 12.8 Å². The summed E-state index contributed by atoms with van der Waals surface area (Å²) in [5, 5.41) is 0. The molecular weight excluding hydrogens is 220 g/mol. The summed E-state index contributed by atoms with van der Waals surface area (Å²) in [6, 6.07) is 10.5. The van der Waals surface area contributed by atoms with Crippen LogP contribution in [0.25, 0.3) is 0 Å². The minimum absolute atomic E-state index is 0.0723. The molecule has 0 N–H and O–H groups in total. The second-order valence-electron chi connectivity index (χ2n) is 6.86. The van der Waals surface area contributed by atoms with Crippen molar-refractivity contribution in [3.63, 3.8) is 0 Å². The lowest BCUT2D eigenvalue weighted by Crippen LogP contribution is -2.33. The highest BCUT2D eigenvalue weighted by Crippen LogP contribution is 2.66. The number of carbonyl (C=O) groups excluding carboxylic acids is 1. The average Bonchev–Trinajstić information content (AvgIpc) is 2.65. The van der Waals surface area contributed by atoms with Crippen molar-refractivity contribution in [2.45, 2.75) is 40.0 Å². The zero-order chi connectivity index (χ0) is 13.0. The first-order valence-electron chi connectivity index (χ1n) is 7.05. The van der Waals surface area contributed by atoms with Crippen molar-refractivity contribution in [1.29, 1.82) is 0 Å². The summed E-state index contributed by atoms with van der Waals surface area (Å²) >= 11 is 0. The molecule has 2 fully saturated rings. The normalized spacial score (nSPS) is 37.2. The number of fused-ring (bicyclic) bond motifs is 2. The molecule has 1 aromatic rings. The monoisotopic (exact) mass is 242 g/mol. The van der Waals surface area contributed by atoms with Gasteiger partial charge in [-0.1, -0.05) is 51.1 Å². The number of ketones is 1. The van der Waals surface area contributed by atoms with E-state index in [0.29, 0.717) is 11.7 Å². The molecule has 0 unspecified atom stereocenters. The van der Waals surface area contributed by atoms with Gasteiger partial charge in [-0.25, -0.2) is 0 Å². The molecule has 0 radical (unpaired) electrons. The van der Waals surface area contributed by atoms with E-state index in [1.165, 1.54) is 12.0 Å². The van der Waals surface area contributed by atoms with E-state index in [1.807, 2.05) is 6.07 Å². The van der Waals surface area contributed by atoms with E-state index in [-0.39, 0.29) is 16.7 Å².